The van der Waals surface area contributed by atoms with Gasteiger partial charge in [0.05, 0.1) is 11.3 Å². The highest BCUT2D eigenvalue weighted by Gasteiger charge is 2.19. The van der Waals surface area contributed by atoms with E-state index in [0.717, 1.165) is 31.2 Å². The van der Waals surface area contributed by atoms with Crippen LogP contribution in [0.15, 0.2) is 48.5 Å². The predicted octanol–water partition coefficient (Wildman–Crippen LogP) is 3.46. The number of benzene rings is 2. The van der Waals surface area contributed by atoms with Gasteiger partial charge in [0.15, 0.2) is 6.61 Å². The quantitative estimate of drug-likeness (QED) is 0.752. The van der Waals surface area contributed by atoms with E-state index in [9.17, 15) is 14.4 Å². The highest BCUT2D eigenvalue weighted by molar-refractivity contribution is 6.08. The fraction of sp³-hybridized carbons (Fsp3) is 0.318. The molecule has 146 valence electrons. The van der Waals surface area contributed by atoms with E-state index in [4.69, 9.17) is 4.74 Å². The molecule has 0 heterocycles. The van der Waals surface area contributed by atoms with Gasteiger partial charge >= 0.3 is 5.97 Å². The monoisotopic (exact) mass is 380 g/mol. The molecule has 2 amide bonds. The van der Waals surface area contributed by atoms with Crippen LogP contribution in [0.5, 0.6) is 0 Å². The molecule has 0 bridgehead atoms. The average molecular weight is 380 g/mol. The van der Waals surface area contributed by atoms with Crippen molar-refractivity contribution >= 4 is 23.5 Å². The van der Waals surface area contributed by atoms with Gasteiger partial charge in [-0.15, -0.1) is 0 Å². The van der Waals surface area contributed by atoms with Crippen molar-refractivity contribution in [2.45, 2.75) is 38.6 Å². The largest absolute Gasteiger partial charge is 0.452 e. The van der Waals surface area contributed by atoms with Crippen LogP contribution in [-0.4, -0.2) is 30.4 Å². The second-order valence-corrected chi connectivity index (χ2v) is 6.99. The minimum absolute atomic E-state index is 0.173. The number of carbonyl (C=O) groups excluding carboxylic acids is 3. The third kappa shape index (κ3) is 5.19. The van der Waals surface area contributed by atoms with Crippen LogP contribution in [0.3, 0.4) is 0 Å². The van der Waals surface area contributed by atoms with Crippen LogP contribution in [-0.2, 0) is 9.53 Å². The summed E-state index contributed by atoms with van der Waals surface area (Å²) in [6.07, 6.45) is 4.15. The molecule has 0 aliphatic heterocycles. The summed E-state index contributed by atoms with van der Waals surface area (Å²) in [6, 6.07) is 13.9. The number of esters is 1. The molecule has 1 fully saturated rings. The number of ether oxygens (including phenoxy) is 1. The lowest BCUT2D eigenvalue weighted by Crippen LogP contribution is -2.36. The Bertz CT molecular complexity index is 872. The van der Waals surface area contributed by atoms with Crippen molar-refractivity contribution in [3.05, 3.63) is 65.2 Å². The fourth-order valence-electron chi connectivity index (χ4n) is 3.30. The predicted molar refractivity (Wildman–Crippen MR) is 106 cm³/mol. The van der Waals surface area contributed by atoms with Crippen LogP contribution in [0.4, 0.5) is 5.69 Å². The molecule has 0 spiro atoms. The highest BCUT2D eigenvalue weighted by Crippen LogP contribution is 2.19. The number of carbonyl (C=O) groups is 3. The van der Waals surface area contributed by atoms with Gasteiger partial charge in [0.2, 0.25) is 0 Å². The summed E-state index contributed by atoms with van der Waals surface area (Å²) >= 11 is 0. The van der Waals surface area contributed by atoms with E-state index in [1.54, 1.807) is 42.5 Å². The summed E-state index contributed by atoms with van der Waals surface area (Å²) in [4.78, 5) is 36.9. The molecular formula is C22H24N2O4. The molecule has 28 heavy (non-hydrogen) atoms. The summed E-state index contributed by atoms with van der Waals surface area (Å²) < 4.78 is 5.14. The van der Waals surface area contributed by atoms with Crippen molar-refractivity contribution < 1.29 is 19.1 Å². The van der Waals surface area contributed by atoms with E-state index in [1.165, 1.54) is 0 Å². The van der Waals surface area contributed by atoms with Gasteiger partial charge in [-0.05, 0) is 44.0 Å². The lowest BCUT2D eigenvalue weighted by molar-refractivity contribution is -0.124. The van der Waals surface area contributed by atoms with Crippen LogP contribution in [0.1, 0.15) is 52.0 Å². The van der Waals surface area contributed by atoms with Gasteiger partial charge in [0.1, 0.15) is 0 Å². The molecule has 1 saturated carbocycles. The van der Waals surface area contributed by atoms with Crippen molar-refractivity contribution in [3.8, 4) is 0 Å². The summed E-state index contributed by atoms with van der Waals surface area (Å²) in [7, 11) is 0. The number of anilines is 1. The molecule has 2 N–H and O–H groups in total. The number of para-hydroxylation sites is 1. The van der Waals surface area contributed by atoms with Crippen molar-refractivity contribution in [1.82, 2.24) is 5.32 Å². The van der Waals surface area contributed by atoms with Crippen LogP contribution in [0.2, 0.25) is 0 Å². The molecular weight excluding hydrogens is 356 g/mol. The maximum atomic E-state index is 12.5. The number of amides is 2. The molecule has 0 aromatic heterocycles. The third-order valence-corrected chi connectivity index (χ3v) is 4.73. The Morgan fingerprint density at radius 1 is 1.04 bits per heavy atom. The molecule has 2 aromatic rings. The SMILES string of the molecule is Cc1cccc(C(=O)Nc2ccccc2C(=O)OCC(=O)NC2CCCC2)c1. The maximum absolute atomic E-state index is 12.5. The first-order valence-electron chi connectivity index (χ1n) is 9.46. The van der Waals surface area contributed by atoms with Crippen molar-refractivity contribution in [1.29, 1.82) is 0 Å². The van der Waals surface area contributed by atoms with Crippen molar-refractivity contribution in [2.24, 2.45) is 0 Å². The summed E-state index contributed by atoms with van der Waals surface area (Å²) in [5.74, 6) is -1.27. The van der Waals surface area contributed by atoms with E-state index in [2.05, 4.69) is 10.6 Å². The van der Waals surface area contributed by atoms with E-state index >= 15 is 0 Å². The standard InChI is InChI=1S/C22H24N2O4/c1-15-7-6-8-16(13-15)21(26)24-19-12-5-4-11-18(19)22(27)28-14-20(25)23-17-9-2-3-10-17/h4-8,11-13,17H,2-3,9-10,14H2,1H3,(H,23,25)(H,24,26). The average Bonchev–Trinajstić information content (AvgIpc) is 3.19. The Hall–Kier alpha value is -3.15. The van der Waals surface area contributed by atoms with Crippen molar-refractivity contribution in [2.75, 3.05) is 11.9 Å². The minimum Gasteiger partial charge on any atom is -0.452 e. The lowest BCUT2D eigenvalue weighted by atomic mass is 10.1. The minimum atomic E-state index is -0.651. The molecule has 3 rings (SSSR count). The van der Waals surface area contributed by atoms with E-state index in [0.29, 0.717) is 11.3 Å². The Morgan fingerprint density at radius 3 is 2.54 bits per heavy atom. The Kier molecular flexibility index (Phi) is 6.42. The Labute approximate surface area is 164 Å². The molecule has 6 heteroatoms. The first-order chi connectivity index (χ1) is 13.5. The molecule has 1 aliphatic rings. The smallest absolute Gasteiger partial charge is 0.340 e. The fourth-order valence-corrected chi connectivity index (χ4v) is 3.30. The zero-order valence-corrected chi connectivity index (χ0v) is 15.9. The van der Waals surface area contributed by atoms with Crippen LogP contribution >= 0.6 is 0 Å². The van der Waals surface area contributed by atoms with E-state index < -0.39 is 5.97 Å². The molecule has 0 unspecified atom stereocenters. The Morgan fingerprint density at radius 2 is 1.79 bits per heavy atom. The molecule has 0 saturated heterocycles. The first kappa shape index (κ1) is 19.6. The van der Waals surface area contributed by atoms with E-state index in [1.807, 2.05) is 13.0 Å². The van der Waals surface area contributed by atoms with Crippen LogP contribution in [0.25, 0.3) is 0 Å². The molecule has 1 aliphatic carbocycles. The van der Waals surface area contributed by atoms with Gasteiger partial charge in [-0.3, -0.25) is 9.59 Å². The summed E-state index contributed by atoms with van der Waals surface area (Å²) in [5.41, 5.74) is 2.01. The summed E-state index contributed by atoms with van der Waals surface area (Å²) in [6.45, 7) is 1.56. The van der Waals surface area contributed by atoms with Crippen molar-refractivity contribution in [3.63, 3.8) is 0 Å². The van der Waals surface area contributed by atoms with Crippen LogP contribution in [0, 0.1) is 6.92 Å². The number of hydrogen-bond acceptors (Lipinski definition) is 4. The second kappa shape index (κ2) is 9.17. The molecule has 2 aromatic carbocycles. The van der Waals surface area contributed by atoms with E-state index in [-0.39, 0.29) is 30.0 Å². The number of rotatable bonds is 6. The second-order valence-electron chi connectivity index (χ2n) is 6.99. The van der Waals surface area contributed by atoms with Gasteiger partial charge in [-0.1, -0.05) is 42.7 Å². The van der Waals surface area contributed by atoms with Gasteiger partial charge < -0.3 is 15.4 Å². The summed E-state index contributed by atoms with van der Waals surface area (Å²) in [5, 5.41) is 5.61. The number of nitrogens with one attached hydrogen (secondary N) is 2. The first-order valence-corrected chi connectivity index (χ1v) is 9.46. The van der Waals surface area contributed by atoms with Crippen LogP contribution < -0.4 is 10.6 Å². The van der Waals surface area contributed by atoms with Gasteiger partial charge in [-0.25, -0.2) is 4.79 Å². The van der Waals surface area contributed by atoms with Gasteiger partial charge in [-0.2, -0.15) is 0 Å². The lowest BCUT2D eigenvalue weighted by Gasteiger charge is -2.13. The molecule has 0 radical (unpaired) electrons. The third-order valence-electron chi connectivity index (χ3n) is 4.73. The van der Waals surface area contributed by atoms with Gasteiger partial charge in [0, 0.05) is 11.6 Å². The topological polar surface area (TPSA) is 84.5 Å². The number of aryl methyl sites for hydroxylation is 1. The maximum Gasteiger partial charge on any atom is 0.340 e. The molecule has 0 atom stereocenters. The van der Waals surface area contributed by atoms with Gasteiger partial charge in [0.25, 0.3) is 11.8 Å². The zero-order valence-electron chi connectivity index (χ0n) is 15.9. The Balaban J connectivity index is 1.61. The normalized spacial score (nSPS) is 13.8. The number of hydrogen-bond donors (Lipinski definition) is 2. The highest BCUT2D eigenvalue weighted by atomic mass is 16.5. The zero-order chi connectivity index (χ0) is 19.9. The molecule has 6 nitrogen and oxygen atoms in total.